The Kier molecular flexibility index (Phi) is 4.33. The second-order valence-electron chi connectivity index (χ2n) is 4.82. The van der Waals surface area contributed by atoms with Crippen molar-refractivity contribution in [3.63, 3.8) is 0 Å². The minimum Gasteiger partial charge on any atom is -0.411 e. The fraction of sp³-hybridized carbons (Fsp3) is 0.125. The van der Waals surface area contributed by atoms with Crippen LogP contribution in [0.2, 0.25) is 5.02 Å². The molecule has 0 amide bonds. The van der Waals surface area contributed by atoms with Crippen molar-refractivity contribution in [2.45, 2.75) is 24.0 Å². The lowest BCUT2D eigenvalue weighted by Crippen LogP contribution is -1.94. The van der Waals surface area contributed by atoms with E-state index in [1.54, 1.807) is 12.1 Å². The summed E-state index contributed by atoms with van der Waals surface area (Å²) in [6.45, 7) is 3.69. The molecule has 0 spiro atoms. The van der Waals surface area contributed by atoms with E-state index in [4.69, 9.17) is 16.0 Å². The molecule has 2 heterocycles. The Hall–Kier alpha value is -2.36. The zero-order chi connectivity index (χ0) is 16.4. The number of pyridine rings is 1. The van der Waals surface area contributed by atoms with Gasteiger partial charge in [-0.1, -0.05) is 11.6 Å². The predicted molar refractivity (Wildman–Crippen MR) is 87.3 cm³/mol. The lowest BCUT2D eigenvalue weighted by atomic mass is 10.2. The van der Waals surface area contributed by atoms with Crippen LogP contribution >= 0.6 is 23.4 Å². The van der Waals surface area contributed by atoms with Gasteiger partial charge in [0.15, 0.2) is 0 Å². The van der Waals surface area contributed by atoms with Crippen LogP contribution in [0.5, 0.6) is 0 Å². The Morgan fingerprint density at radius 3 is 2.61 bits per heavy atom. The minimum absolute atomic E-state index is 0.372. The SMILES string of the molecule is Cc1cc(Sc2nnc(-c3ccc(Cl)cc3)o2)c(C#N)c(C)n1. The number of aromatic nitrogens is 3. The molecule has 3 rings (SSSR count). The van der Waals surface area contributed by atoms with Gasteiger partial charge in [0.05, 0.1) is 11.3 Å². The minimum atomic E-state index is 0.372. The zero-order valence-corrected chi connectivity index (χ0v) is 13.9. The van der Waals surface area contributed by atoms with E-state index in [2.05, 4.69) is 21.3 Å². The molecule has 0 saturated carbocycles. The number of aryl methyl sites for hydroxylation is 2. The summed E-state index contributed by atoms with van der Waals surface area (Å²) in [5, 5.41) is 18.4. The van der Waals surface area contributed by atoms with Crippen LogP contribution in [0.25, 0.3) is 11.5 Å². The maximum Gasteiger partial charge on any atom is 0.281 e. The number of rotatable bonds is 3. The van der Waals surface area contributed by atoms with Crippen molar-refractivity contribution in [2.24, 2.45) is 0 Å². The van der Waals surface area contributed by atoms with E-state index in [0.717, 1.165) is 16.2 Å². The summed E-state index contributed by atoms with van der Waals surface area (Å²) in [4.78, 5) is 5.05. The first kappa shape index (κ1) is 15.5. The third-order valence-corrected chi connectivity index (χ3v) is 4.23. The Balaban J connectivity index is 1.91. The van der Waals surface area contributed by atoms with Crippen LogP contribution in [-0.2, 0) is 0 Å². The maximum absolute atomic E-state index is 9.29. The molecular weight excluding hydrogens is 332 g/mol. The van der Waals surface area contributed by atoms with Crippen LogP contribution in [0.15, 0.2) is 44.9 Å². The molecule has 0 radical (unpaired) electrons. The van der Waals surface area contributed by atoms with Crippen molar-refractivity contribution in [3.05, 3.63) is 52.3 Å². The molecule has 23 heavy (non-hydrogen) atoms. The highest BCUT2D eigenvalue weighted by molar-refractivity contribution is 7.99. The topological polar surface area (TPSA) is 75.6 Å². The monoisotopic (exact) mass is 342 g/mol. The fourth-order valence-electron chi connectivity index (χ4n) is 2.06. The molecule has 0 atom stereocenters. The van der Waals surface area contributed by atoms with Crippen molar-refractivity contribution in [1.82, 2.24) is 15.2 Å². The van der Waals surface area contributed by atoms with Crippen molar-refractivity contribution >= 4 is 23.4 Å². The molecule has 3 aromatic rings. The Morgan fingerprint density at radius 2 is 1.91 bits per heavy atom. The molecule has 1 aromatic carbocycles. The number of hydrogen-bond acceptors (Lipinski definition) is 6. The van der Waals surface area contributed by atoms with Crippen LogP contribution in [0.4, 0.5) is 0 Å². The van der Waals surface area contributed by atoms with E-state index in [1.807, 2.05) is 32.0 Å². The molecule has 0 aliphatic carbocycles. The summed E-state index contributed by atoms with van der Waals surface area (Å²) < 4.78 is 5.66. The second kappa shape index (κ2) is 6.41. The van der Waals surface area contributed by atoms with Gasteiger partial charge >= 0.3 is 0 Å². The van der Waals surface area contributed by atoms with E-state index in [-0.39, 0.29) is 0 Å². The van der Waals surface area contributed by atoms with Gasteiger partial charge in [0, 0.05) is 21.2 Å². The fourth-order valence-corrected chi connectivity index (χ4v) is 3.10. The summed E-state index contributed by atoms with van der Waals surface area (Å²) in [5.74, 6) is 0.408. The van der Waals surface area contributed by atoms with Gasteiger partial charge in [-0.15, -0.1) is 10.2 Å². The lowest BCUT2D eigenvalue weighted by Gasteiger charge is -2.04. The average Bonchev–Trinajstić information content (AvgIpc) is 2.96. The van der Waals surface area contributed by atoms with E-state index in [9.17, 15) is 5.26 Å². The third kappa shape index (κ3) is 3.36. The molecule has 0 aliphatic heterocycles. The van der Waals surface area contributed by atoms with Gasteiger partial charge in [0.1, 0.15) is 6.07 Å². The van der Waals surface area contributed by atoms with Gasteiger partial charge in [-0.05, 0) is 55.9 Å². The summed E-state index contributed by atoms with van der Waals surface area (Å²) in [6, 6.07) is 11.1. The molecule has 5 nitrogen and oxygen atoms in total. The second-order valence-corrected chi connectivity index (χ2v) is 6.25. The normalized spacial score (nSPS) is 10.5. The molecule has 0 bridgehead atoms. The number of benzene rings is 1. The first-order valence-corrected chi connectivity index (χ1v) is 7.92. The van der Waals surface area contributed by atoms with E-state index in [1.165, 1.54) is 11.8 Å². The first-order valence-electron chi connectivity index (χ1n) is 6.72. The Morgan fingerprint density at radius 1 is 1.17 bits per heavy atom. The average molecular weight is 343 g/mol. The smallest absolute Gasteiger partial charge is 0.281 e. The molecule has 0 unspecified atom stereocenters. The maximum atomic E-state index is 9.29. The van der Waals surface area contributed by atoms with Gasteiger partial charge < -0.3 is 4.42 Å². The third-order valence-electron chi connectivity index (χ3n) is 3.10. The summed E-state index contributed by atoms with van der Waals surface area (Å²) in [5.41, 5.74) is 2.83. The number of hydrogen-bond donors (Lipinski definition) is 0. The van der Waals surface area contributed by atoms with E-state index >= 15 is 0 Å². The van der Waals surface area contributed by atoms with E-state index in [0.29, 0.717) is 27.4 Å². The largest absolute Gasteiger partial charge is 0.411 e. The molecule has 0 saturated heterocycles. The van der Waals surface area contributed by atoms with Gasteiger partial charge in [-0.2, -0.15) is 5.26 Å². The highest BCUT2D eigenvalue weighted by Crippen LogP contribution is 2.32. The van der Waals surface area contributed by atoms with Crippen molar-refractivity contribution in [2.75, 3.05) is 0 Å². The molecule has 114 valence electrons. The quantitative estimate of drug-likeness (QED) is 0.701. The standard InChI is InChI=1S/C16H11ClN4OS/c1-9-7-14(13(8-18)10(2)19-9)23-16-21-20-15(22-16)11-3-5-12(17)6-4-11/h3-7H,1-2H3. The van der Waals surface area contributed by atoms with Crippen LogP contribution in [0.3, 0.4) is 0 Å². The molecule has 7 heteroatoms. The van der Waals surface area contributed by atoms with Gasteiger partial charge in [0.2, 0.25) is 5.89 Å². The van der Waals surface area contributed by atoms with Crippen molar-refractivity contribution < 1.29 is 4.42 Å². The van der Waals surface area contributed by atoms with Crippen molar-refractivity contribution in [3.8, 4) is 17.5 Å². The van der Waals surface area contributed by atoms with Gasteiger partial charge in [0.25, 0.3) is 5.22 Å². The number of nitriles is 1. The summed E-state index contributed by atoms with van der Waals surface area (Å²) >= 11 is 7.12. The molecule has 0 fully saturated rings. The van der Waals surface area contributed by atoms with Crippen LogP contribution in [-0.4, -0.2) is 15.2 Å². The molecule has 0 aliphatic rings. The lowest BCUT2D eigenvalue weighted by molar-refractivity contribution is 0.466. The van der Waals surface area contributed by atoms with E-state index < -0.39 is 0 Å². The Labute approximate surface area is 142 Å². The summed E-state index contributed by atoms with van der Waals surface area (Å²) in [7, 11) is 0. The van der Waals surface area contributed by atoms with Crippen LogP contribution < -0.4 is 0 Å². The number of halogens is 1. The van der Waals surface area contributed by atoms with Gasteiger partial charge in [-0.3, -0.25) is 4.98 Å². The highest BCUT2D eigenvalue weighted by Gasteiger charge is 2.14. The van der Waals surface area contributed by atoms with Crippen LogP contribution in [0, 0.1) is 25.2 Å². The van der Waals surface area contributed by atoms with Crippen LogP contribution in [0.1, 0.15) is 17.0 Å². The molecule has 2 aromatic heterocycles. The van der Waals surface area contributed by atoms with Gasteiger partial charge in [-0.25, -0.2) is 0 Å². The Bertz CT molecular complexity index is 899. The highest BCUT2D eigenvalue weighted by atomic mass is 35.5. The predicted octanol–water partition coefficient (Wildman–Crippen LogP) is 4.42. The zero-order valence-electron chi connectivity index (χ0n) is 12.4. The molecule has 0 N–H and O–H groups in total. The van der Waals surface area contributed by atoms with Crippen molar-refractivity contribution in [1.29, 1.82) is 5.26 Å². The molecular formula is C16H11ClN4OS. The summed E-state index contributed by atoms with van der Waals surface area (Å²) in [6.07, 6.45) is 0. The first-order chi connectivity index (χ1) is 11.1. The number of nitrogens with zero attached hydrogens (tertiary/aromatic N) is 4.